The molecule has 0 saturated heterocycles. The summed E-state index contributed by atoms with van der Waals surface area (Å²) >= 11 is 0. The minimum Gasteiger partial charge on any atom is -0.465 e. The van der Waals surface area contributed by atoms with Crippen molar-refractivity contribution in [3.8, 4) is 11.1 Å². The smallest absolute Gasteiger partial charge is 0.177 e. The number of furan rings is 1. The number of pyridine rings is 1. The summed E-state index contributed by atoms with van der Waals surface area (Å²) in [5.41, 5.74) is 2.86. The highest BCUT2D eigenvalue weighted by molar-refractivity contribution is 7.90. The van der Waals surface area contributed by atoms with E-state index in [1.54, 1.807) is 12.3 Å². The molecule has 0 unspecified atom stereocenters. The van der Waals surface area contributed by atoms with Crippen LogP contribution in [0.2, 0.25) is 0 Å². The van der Waals surface area contributed by atoms with Crippen molar-refractivity contribution in [2.75, 3.05) is 6.26 Å². The number of rotatable bonds is 6. The highest BCUT2D eigenvalue weighted by Gasteiger charge is 2.09. The zero-order chi connectivity index (χ0) is 17.9. The molecule has 0 atom stereocenters. The first-order chi connectivity index (χ1) is 11.9. The summed E-state index contributed by atoms with van der Waals surface area (Å²) in [4.78, 5) is 4.26. The van der Waals surface area contributed by atoms with Crippen molar-refractivity contribution in [1.29, 1.82) is 0 Å². The van der Waals surface area contributed by atoms with Gasteiger partial charge in [0.1, 0.15) is 11.5 Å². The Kier molecular flexibility index (Phi) is 5.01. The summed E-state index contributed by atoms with van der Waals surface area (Å²) in [5, 5.41) is 3.33. The molecule has 2 aromatic heterocycles. The minimum atomic E-state index is -3.26. The van der Waals surface area contributed by atoms with E-state index in [1.807, 2.05) is 43.3 Å². The van der Waals surface area contributed by atoms with Crippen LogP contribution >= 0.6 is 0 Å². The second-order valence-electron chi connectivity index (χ2n) is 5.99. The van der Waals surface area contributed by atoms with E-state index in [4.69, 9.17) is 4.42 Å². The molecule has 25 heavy (non-hydrogen) atoms. The molecule has 0 fully saturated rings. The molecule has 3 aromatic rings. The van der Waals surface area contributed by atoms with Crippen LogP contribution in [0.15, 0.2) is 64.2 Å². The SMILES string of the molecule is Cc1ccc(CNCc2ccc(-c3cncc(S(C)(=O)=O)c3)cc2)o1. The fraction of sp³-hybridized carbons (Fsp3) is 0.211. The maximum Gasteiger partial charge on any atom is 0.177 e. The summed E-state index contributed by atoms with van der Waals surface area (Å²) in [6.45, 7) is 3.33. The number of nitrogens with zero attached hydrogens (tertiary/aromatic N) is 1. The molecular formula is C19H20N2O3S. The second kappa shape index (κ2) is 7.21. The maximum atomic E-state index is 11.7. The molecule has 0 radical (unpaired) electrons. The van der Waals surface area contributed by atoms with Crippen LogP contribution in [0.4, 0.5) is 0 Å². The number of nitrogens with one attached hydrogen (secondary N) is 1. The monoisotopic (exact) mass is 356 g/mol. The first kappa shape index (κ1) is 17.4. The molecule has 1 aromatic carbocycles. The molecule has 0 saturated carbocycles. The van der Waals surface area contributed by atoms with Crippen molar-refractivity contribution >= 4 is 9.84 Å². The minimum absolute atomic E-state index is 0.226. The summed E-state index contributed by atoms with van der Waals surface area (Å²) < 4.78 is 28.8. The van der Waals surface area contributed by atoms with Crippen LogP contribution in [0.1, 0.15) is 17.1 Å². The average molecular weight is 356 g/mol. The Bertz CT molecular complexity index is 960. The molecule has 0 aliphatic heterocycles. The van der Waals surface area contributed by atoms with Crippen LogP contribution in [0, 0.1) is 6.92 Å². The molecule has 0 amide bonds. The molecule has 130 valence electrons. The van der Waals surface area contributed by atoms with Crippen molar-refractivity contribution < 1.29 is 12.8 Å². The van der Waals surface area contributed by atoms with Gasteiger partial charge in [0.2, 0.25) is 0 Å². The van der Waals surface area contributed by atoms with Crippen molar-refractivity contribution in [2.45, 2.75) is 24.9 Å². The van der Waals surface area contributed by atoms with E-state index < -0.39 is 9.84 Å². The van der Waals surface area contributed by atoms with E-state index >= 15 is 0 Å². The van der Waals surface area contributed by atoms with Gasteiger partial charge in [0.05, 0.1) is 11.4 Å². The van der Waals surface area contributed by atoms with Crippen LogP contribution in [0.5, 0.6) is 0 Å². The van der Waals surface area contributed by atoms with Crippen molar-refractivity contribution in [3.05, 3.63) is 71.9 Å². The first-order valence-electron chi connectivity index (χ1n) is 7.92. The molecule has 0 aliphatic rings. The molecule has 2 heterocycles. The van der Waals surface area contributed by atoms with E-state index in [0.29, 0.717) is 6.54 Å². The van der Waals surface area contributed by atoms with Crippen molar-refractivity contribution in [1.82, 2.24) is 10.3 Å². The van der Waals surface area contributed by atoms with Gasteiger partial charge in [0, 0.05) is 30.8 Å². The lowest BCUT2D eigenvalue weighted by molar-refractivity contribution is 0.461. The third-order valence-corrected chi connectivity index (χ3v) is 4.93. The molecule has 0 bridgehead atoms. The van der Waals surface area contributed by atoms with E-state index in [1.165, 1.54) is 12.5 Å². The summed E-state index contributed by atoms with van der Waals surface area (Å²) in [7, 11) is -3.26. The molecule has 0 spiro atoms. The van der Waals surface area contributed by atoms with E-state index in [2.05, 4.69) is 10.3 Å². The van der Waals surface area contributed by atoms with Gasteiger partial charge in [-0.1, -0.05) is 24.3 Å². The van der Waals surface area contributed by atoms with Crippen LogP contribution in [0.3, 0.4) is 0 Å². The highest BCUT2D eigenvalue weighted by atomic mass is 32.2. The number of sulfone groups is 1. The lowest BCUT2D eigenvalue weighted by atomic mass is 10.1. The molecular weight excluding hydrogens is 336 g/mol. The molecule has 6 heteroatoms. The van der Waals surface area contributed by atoms with Gasteiger partial charge in [-0.3, -0.25) is 4.98 Å². The van der Waals surface area contributed by atoms with Gasteiger partial charge in [-0.05, 0) is 36.2 Å². The van der Waals surface area contributed by atoms with Gasteiger partial charge in [0.15, 0.2) is 9.84 Å². The summed E-state index contributed by atoms with van der Waals surface area (Å²) in [5.74, 6) is 1.82. The predicted octanol–water partition coefficient (Wildman–Crippen LogP) is 3.34. The van der Waals surface area contributed by atoms with Crippen LogP contribution in [0.25, 0.3) is 11.1 Å². The highest BCUT2D eigenvalue weighted by Crippen LogP contribution is 2.22. The molecule has 0 aliphatic carbocycles. The van der Waals surface area contributed by atoms with Gasteiger partial charge >= 0.3 is 0 Å². The Morgan fingerprint density at radius 2 is 1.76 bits per heavy atom. The fourth-order valence-corrected chi connectivity index (χ4v) is 3.10. The molecule has 5 nitrogen and oxygen atoms in total. The third kappa shape index (κ3) is 4.55. The standard InChI is InChI=1S/C19H20N2O3S/c1-14-3-8-18(24-14)12-20-10-15-4-6-16(7-5-15)17-9-19(13-21-11-17)25(2,22)23/h3-9,11,13,20H,10,12H2,1-2H3. The van der Waals surface area contributed by atoms with Crippen molar-refractivity contribution in [2.24, 2.45) is 0 Å². The first-order valence-corrected chi connectivity index (χ1v) is 9.81. The number of aryl methyl sites for hydroxylation is 1. The summed E-state index contributed by atoms with van der Waals surface area (Å²) in [6, 6.07) is 13.5. The lowest BCUT2D eigenvalue weighted by Crippen LogP contribution is -2.11. The van der Waals surface area contributed by atoms with Crippen molar-refractivity contribution in [3.63, 3.8) is 0 Å². The fourth-order valence-electron chi connectivity index (χ4n) is 2.50. The Morgan fingerprint density at radius 1 is 1.00 bits per heavy atom. The number of aromatic nitrogens is 1. The number of benzene rings is 1. The van der Waals surface area contributed by atoms with Gasteiger partial charge in [-0.25, -0.2) is 8.42 Å². The van der Waals surface area contributed by atoms with Crippen LogP contribution in [-0.4, -0.2) is 19.7 Å². The van der Waals surface area contributed by atoms with Crippen LogP contribution in [-0.2, 0) is 22.9 Å². The van der Waals surface area contributed by atoms with Gasteiger partial charge in [-0.15, -0.1) is 0 Å². The molecule has 1 N–H and O–H groups in total. The third-order valence-electron chi connectivity index (χ3n) is 3.85. The largest absolute Gasteiger partial charge is 0.465 e. The number of hydrogen-bond acceptors (Lipinski definition) is 5. The van der Waals surface area contributed by atoms with Gasteiger partial charge < -0.3 is 9.73 Å². The van der Waals surface area contributed by atoms with E-state index in [9.17, 15) is 8.42 Å². The quantitative estimate of drug-likeness (QED) is 0.733. The number of hydrogen-bond donors (Lipinski definition) is 1. The Hall–Kier alpha value is -2.44. The molecule has 3 rings (SSSR count). The Labute approximate surface area is 147 Å². The summed E-state index contributed by atoms with van der Waals surface area (Å²) in [6.07, 6.45) is 4.22. The van der Waals surface area contributed by atoms with E-state index in [-0.39, 0.29) is 4.90 Å². The topological polar surface area (TPSA) is 72.2 Å². The Balaban J connectivity index is 1.66. The zero-order valence-corrected chi connectivity index (χ0v) is 15.0. The van der Waals surface area contributed by atoms with Gasteiger partial charge in [0.25, 0.3) is 0 Å². The maximum absolute atomic E-state index is 11.7. The average Bonchev–Trinajstić information content (AvgIpc) is 3.00. The van der Waals surface area contributed by atoms with Gasteiger partial charge in [-0.2, -0.15) is 0 Å². The lowest BCUT2D eigenvalue weighted by Gasteiger charge is -2.07. The zero-order valence-electron chi connectivity index (χ0n) is 14.2. The second-order valence-corrected chi connectivity index (χ2v) is 8.01. The van der Waals surface area contributed by atoms with Crippen LogP contribution < -0.4 is 5.32 Å². The normalized spacial score (nSPS) is 11.6. The van der Waals surface area contributed by atoms with E-state index in [0.717, 1.165) is 34.8 Å². The Morgan fingerprint density at radius 3 is 2.40 bits per heavy atom. The predicted molar refractivity (Wildman–Crippen MR) is 96.8 cm³/mol.